The smallest absolute Gasteiger partial charge is 0.326 e. The Balaban J connectivity index is 0.00000392. The molecule has 3 N–H and O–H groups in total. The van der Waals surface area contributed by atoms with E-state index in [1.165, 1.54) is 12.5 Å². The van der Waals surface area contributed by atoms with E-state index in [1.54, 1.807) is 0 Å². The minimum Gasteiger partial charge on any atom is -0.480 e. The summed E-state index contributed by atoms with van der Waals surface area (Å²) in [6.07, 6.45) is 3.24. The van der Waals surface area contributed by atoms with Gasteiger partial charge in [0.15, 0.2) is 0 Å². The number of carboxylic acids is 1. The Morgan fingerprint density at radius 1 is 1.14 bits per heavy atom. The summed E-state index contributed by atoms with van der Waals surface area (Å²) in [4.78, 5) is 32.4. The quantitative estimate of drug-likeness (QED) is 0.425. The fourth-order valence-electron chi connectivity index (χ4n) is 2.65. The number of carbonyl (C=O) groups excluding carboxylic acids is 1. The monoisotopic (exact) mass is 484 g/mol. The number of H-pyrrole nitrogens is 1. The fraction of sp³-hybridized carbons (Fsp3) is 0.389. The lowest BCUT2D eigenvalue weighted by atomic mass is 10.1. The SMILES string of the molecule is Cl.Cl.O=C(Cc1ccc(N(CCCl)CCCl)cc1)N[C@@H](Cc1cnc[nH]1)C(=O)O. The van der Waals surface area contributed by atoms with Gasteiger partial charge in [0, 0.05) is 48.8 Å². The predicted molar refractivity (Wildman–Crippen MR) is 120 cm³/mol. The van der Waals surface area contributed by atoms with Crippen molar-refractivity contribution in [2.45, 2.75) is 18.9 Å². The van der Waals surface area contributed by atoms with Gasteiger partial charge in [0.25, 0.3) is 0 Å². The Hall–Kier alpha value is -1.67. The molecule has 1 amide bonds. The van der Waals surface area contributed by atoms with Crippen LogP contribution in [0.2, 0.25) is 0 Å². The first kappa shape index (κ1) is 27.3. The second-order valence-corrected chi connectivity index (χ2v) is 6.70. The highest BCUT2D eigenvalue weighted by Gasteiger charge is 2.21. The Morgan fingerprint density at radius 2 is 1.76 bits per heavy atom. The van der Waals surface area contributed by atoms with Crippen LogP contribution in [-0.4, -0.2) is 57.8 Å². The molecular formula is C18H24Cl4N4O3. The van der Waals surface area contributed by atoms with Gasteiger partial charge in [-0.2, -0.15) is 0 Å². The number of hydrogen-bond acceptors (Lipinski definition) is 4. The summed E-state index contributed by atoms with van der Waals surface area (Å²) >= 11 is 11.6. The van der Waals surface area contributed by atoms with Crippen LogP contribution in [0.5, 0.6) is 0 Å². The largest absolute Gasteiger partial charge is 0.480 e. The van der Waals surface area contributed by atoms with Crippen LogP contribution in [0.25, 0.3) is 0 Å². The lowest BCUT2D eigenvalue weighted by molar-refractivity contribution is -0.141. The Bertz CT molecular complexity index is 723. The van der Waals surface area contributed by atoms with Crippen LogP contribution in [0.3, 0.4) is 0 Å². The molecular weight excluding hydrogens is 462 g/mol. The van der Waals surface area contributed by atoms with Crippen LogP contribution >= 0.6 is 48.0 Å². The Labute approximate surface area is 192 Å². The number of aliphatic carboxylic acids is 1. The van der Waals surface area contributed by atoms with E-state index in [0.717, 1.165) is 11.3 Å². The van der Waals surface area contributed by atoms with Crippen LogP contribution in [0.4, 0.5) is 5.69 Å². The molecule has 1 aromatic heterocycles. The molecule has 0 saturated heterocycles. The number of halogens is 4. The molecule has 29 heavy (non-hydrogen) atoms. The van der Waals surface area contributed by atoms with Crippen LogP contribution < -0.4 is 10.2 Å². The molecule has 0 aliphatic heterocycles. The Kier molecular flexibility index (Phi) is 13.5. The predicted octanol–water partition coefficient (Wildman–Crippen LogP) is 2.89. The number of benzene rings is 1. The maximum absolute atomic E-state index is 12.2. The number of hydrogen-bond donors (Lipinski definition) is 3. The molecule has 1 atom stereocenters. The van der Waals surface area contributed by atoms with E-state index in [1.807, 2.05) is 24.3 Å². The number of nitrogens with one attached hydrogen (secondary N) is 2. The molecule has 0 aliphatic rings. The van der Waals surface area contributed by atoms with E-state index >= 15 is 0 Å². The van der Waals surface area contributed by atoms with E-state index in [9.17, 15) is 14.7 Å². The van der Waals surface area contributed by atoms with Crippen molar-refractivity contribution in [2.24, 2.45) is 0 Å². The Morgan fingerprint density at radius 3 is 2.24 bits per heavy atom. The van der Waals surface area contributed by atoms with Crippen molar-refractivity contribution in [2.75, 3.05) is 29.7 Å². The zero-order chi connectivity index (χ0) is 19.6. The number of carboxylic acid groups (broad SMARTS) is 1. The second-order valence-electron chi connectivity index (χ2n) is 5.95. The van der Waals surface area contributed by atoms with E-state index in [4.69, 9.17) is 23.2 Å². The van der Waals surface area contributed by atoms with Crippen LogP contribution in [0.15, 0.2) is 36.8 Å². The number of anilines is 1. The molecule has 0 fully saturated rings. The molecule has 11 heteroatoms. The molecule has 0 bridgehead atoms. The molecule has 0 radical (unpaired) electrons. The zero-order valence-corrected chi connectivity index (χ0v) is 18.7. The van der Waals surface area contributed by atoms with Crippen LogP contribution in [0, 0.1) is 0 Å². The molecule has 1 aromatic carbocycles. The summed E-state index contributed by atoms with van der Waals surface area (Å²) < 4.78 is 0. The average Bonchev–Trinajstić information content (AvgIpc) is 3.15. The number of amides is 1. The minimum atomic E-state index is -1.09. The third-order valence-electron chi connectivity index (χ3n) is 3.99. The lowest BCUT2D eigenvalue weighted by Gasteiger charge is -2.23. The standard InChI is InChI=1S/C18H22Cl2N4O3.2ClH/c19-5-7-24(8-6-20)15-3-1-13(2-4-15)9-17(25)23-16(18(26)27)10-14-11-21-12-22-14;;/h1-4,11-12,16H,5-10H2,(H,21,22)(H,23,25)(H,26,27);2*1H/t16-;;/m0../s1. The van der Waals surface area contributed by atoms with Gasteiger partial charge < -0.3 is 20.3 Å². The highest BCUT2D eigenvalue weighted by Crippen LogP contribution is 2.16. The summed E-state index contributed by atoms with van der Waals surface area (Å²) in [5.41, 5.74) is 2.41. The van der Waals surface area contributed by atoms with E-state index < -0.39 is 12.0 Å². The van der Waals surface area contributed by atoms with Crippen molar-refractivity contribution in [1.82, 2.24) is 15.3 Å². The van der Waals surface area contributed by atoms with Gasteiger partial charge in [-0.05, 0) is 17.7 Å². The van der Waals surface area contributed by atoms with Gasteiger partial charge in [0.05, 0.1) is 12.7 Å². The first-order valence-electron chi connectivity index (χ1n) is 8.48. The van der Waals surface area contributed by atoms with Crippen molar-refractivity contribution in [3.63, 3.8) is 0 Å². The number of nitrogens with zero attached hydrogens (tertiary/aromatic N) is 2. The highest BCUT2D eigenvalue weighted by atomic mass is 35.5. The number of rotatable bonds is 11. The number of imidazole rings is 1. The minimum absolute atomic E-state index is 0. The topological polar surface area (TPSA) is 98.3 Å². The molecule has 1 heterocycles. The van der Waals surface area contributed by atoms with Gasteiger partial charge in [-0.15, -0.1) is 48.0 Å². The normalized spacial score (nSPS) is 11.0. The van der Waals surface area contributed by atoms with Gasteiger partial charge in [0.2, 0.25) is 5.91 Å². The van der Waals surface area contributed by atoms with Crippen molar-refractivity contribution in [3.05, 3.63) is 48.0 Å². The first-order chi connectivity index (χ1) is 13.0. The number of aromatic amines is 1. The van der Waals surface area contributed by atoms with Gasteiger partial charge in [-0.3, -0.25) is 4.79 Å². The van der Waals surface area contributed by atoms with Crippen molar-refractivity contribution in [1.29, 1.82) is 0 Å². The second kappa shape index (κ2) is 14.3. The summed E-state index contributed by atoms with van der Waals surface area (Å²) in [5.74, 6) is -0.457. The highest BCUT2D eigenvalue weighted by molar-refractivity contribution is 6.18. The summed E-state index contributed by atoms with van der Waals surface area (Å²) in [6.45, 7) is 1.37. The zero-order valence-electron chi connectivity index (χ0n) is 15.5. The van der Waals surface area contributed by atoms with Crippen LogP contribution in [0.1, 0.15) is 11.3 Å². The van der Waals surface area contributed by atoms with E-state index in [0.29, 0.717) is 30.5 Å². The molecule has 2 aromatic rings. The van der Waals surface area contributed by atoms with Crippen molar-refractivity contribution < 1.29 is 14.7 Å². The molecule has 0 saturated carbocycles. The molecule has 0 aliphatic carbocycles. The third-order valence-corrected chi connectivity index (χ3v) is 4.33. The van der Waals surface area contributed by atoms with Gasteiger partial charge >= 0.3 is 5.97 Å². The maximum atomic E-state index is 12.2. The summed E-state index contributed by atoms with van der Waals surface area (Å²) in [6, 6.07) is 6.48. The van der Waals surface area contributed by atoms with E-state index in [2.05, 4.69) is 20.2 Å². The molecule has 7 nitrogen and oxygen atoms in total. The third kappa shape index (κ3) is 9.12. The fourth-order valence-corrected chi connectivity index (χ4v) is 3.05. The first-order valence-corrected chi connectivity index (χ1v) is 9.55. The van der Waals surface area contributed by atoms with Gasteiger partial charge in [-0.1, -0.05) is 12.1 Å². The number of carbonyl (C=O) groups is 2. The summed E-state index contributed by atoms with van der Waals surface area (Å²) in [5, 5.41) is 11.9. The summed E-state index contributed by atoms with van der Waals surface area (Å²) in [7, 11) is 0. The van der Waals surface area contributed by atoms with Gasteiger partial charge in [0.1, 0.15) is 6.04 Å². The number of alkyl halides is 2. The average molecular weight is 486 g/mol. The van der Waals surface area contributed by atoms with Crippen molar-refractivity contribution in [3.8, 4) is 0 Å². The molecule has 0 unspecified atom stereocenters. The maximum Gasteiger partial charge on any atom is 0.326 e. The lowest BCUT2D eigenvalue weighted by Crippen LogP contribution is -2.43. The molecule has 0 spiro atoms. The van der Waals surface area contributed by atoms with E-state index in [-0.39, 0.29) is 43.6 Å². The molecule has 162 valence electrons. The van der Waals surface area contributed by atoms with Gasteiger partial charge in [-0.25, -0.2) is 9.78 Å². The van der Waals surface area contributed by atoms with Crippen molar-refractivity contribution >= 4 is 65.6 Å². The number of aromatic nitrogens is 2. The molecule has 2 rings (SSSR count). The van der Waals surface area contributed by atoms with Crippen LogP contribution in [-0.2, 0) is 22.4 Å².